The predicted octanol–water partition coefficient (Wildman–Crippen LogP) is 3.22. The molecule has 20 heavy (non-hydrogen) atoms. The van der Waals surface area contributed by atoms with Crippen molar-refractivity contribution in [1.82, 2.24) is 10.3 Å². The van der Waals surface area contributed by atoms with Crippen molar-refractivity contribution < 1.29 is 4.74 Å². The van der Waals surface area contributed by atoms with Gasteiger partial charge in [0.15, 0.2) is 0 Å². The Hall–Kier alpha value is -1.23. The fourth-order valence-corrected chi connectivity index (χ4v) is 3.96. The largest absolute Gasteiger partial charge is 0.373 e. The summed E-state index contributed by atoms with van der Waals surface area (Å²) >= 11 is 1.73. The molecule has 0 saturated carbocycles. The van der Waals surface area contributed by atoms with Gasteiger partial charge >= 0.3 is 0 Å². The summed E-state index contributed by atoms with van der Waals surface area (Å²) in [5, 5.41) is 6.92. The molecule has 4 rings (SSSR count). The lowest BCUT2D eigenvalue weighted by Gasteiger charge is -2.19. The van der Waals surface area contributed by atoms with E-state index in [1.807, 2.05) is 6.07 Å². The third kappa shape index (κ3) is 2.39. The Bertz CT molecular complexity index is 583. The van der Waals surface area contributed by atoms with E-state index in [9.17, 15) is 0 Å². The number of rotatable bonds is 4. The van der Waals surface area contributed by atoms with Gasteiger partial charge < -0.3 is 10.1 Å². The van der Waals surface area contributed by atoms with Gasteiger partial charge in [0, 0.05) is 23.5 Å². The van der Waals surface area contributed by atoms with Gasteiger partial charge in [-0.15, -0.1) is 11.3 Å². The van der Waals surface area contributed by atoms with Gasteiger partial charge in [-0.05, 0) is 19.3 Å². The summed E-state index contributed by atoms with van der Waals surface area (Å²) in [5.41, 5.74) is 2.27. The van der Waals surface area contributed by atoms with Crippen LogP contribution in [-0.4, -0.2) is 23.2 Å². The first-order valence-electron chi connectivity index (χ1n) is 7.27. The Balaban J connectivity index is 1.39. The molecule has 1 N–H and O–H groups in total. The van der Waals surface area contributed by atoms with Crippen molar-refractivity contribution in [1.29, 1.82) is 0 Å². The minimum absolute atomic E-state index is 0.438. The second-order valence-corrected chi connectivity index (χ2v) is 6.53. The highest BCUT2D eigenvalue weighted by Crippen LogP contribution is 2.34. The Morgan fingerprint density at radius 1 is 1.25 bits per heavy atom. The van der Waals surface area contributed by atoms with E-state index in [1.54, 1.807) is 11.3 Å². The molecule has 2 aliphatic heterocycles. The summed E-state index contributed by atoms with van der Waals surface area (Å²) in [4.78, 5) is 4.72. The number of benzene rings is 1. The van der Waals surface area contributed by atoms with Gasteiger partial charge in [-0.2, -0.15) is 0 Å². The zero-order valence-electron chi connectivity index (χ0n) is 11.3. The normalized spacial score (nSPS) is 28.1. The lowest BCUT2D eigenvalue weighted by Crippen LogP contribution is -2.36. The molecule has 104 valence electrons. The predicted molar refractivity (Wildman–Crippen MR) is 80.7 cm³/mol. The molecular formula is C16H18N2OS. The number of fused-ring (bicyclic) bond motifs is 2. The molecule has 2 aliphatic rings. The van der Waals surface area contributed by atoms with E-state index in [0.29, 0.717) is 18.2 Å². The summed E-state index contributed by atoms with van der Waals surface area (Å²) in [5.74, 6) is 0. The number of hydrogen-bond donors (Lipinski definition) is 1. The standard InChI is InChI=1S/C16H18N2OS/c1-2-4-11(5-3-1)14-10-20-16(18-14)9-17-13-8-12-6-7-15(13)19-12/h1-5,10,12-13,15,17H,6-9H2. The average molecular weight is 286 g/mol. The van der Waals surface area contributed by atoms with Crippen LogP contribution in [0.5, 0.6) is 0 Å². The van der Waals surface area contributed by atoms with E-state index in [4.69, 9.17) is 9.72 Å². The topological polar surface area (TPSA) is 34.1 Å². The van der Waals surface area contributed by atoms with Crippen LogP contribution in [0.3, 0.4) is 0 Å². The van der Waals surface area contributed by atoms with Crippen LogP contribution in [-0.2, 0) is 11.3 Å². The maximum atomic E-state index is 5.87. The summed E-state index contributed by atoms with van der Waals surface area (Å²) in [6.45, 7) is 0.856. The van der Waals surface area contributed by atoms with Crippen LogP contribution in [0.2, 0.25) is 0 Å². The third-order valence-corrected chi connectivity index (χ3v) is 5.09. The molecular weight excluding hydrogens is 268 g/mol. The average Bonchev–Trinajstić information content (AvgIpc) is 3.22. The molecule has 2 aromatic rings. The van der Waals surface area contributed by atoms with E-state index >= 15 is 0 Å². The lowest BCUT2D eigenvalue weighted by molar-refractivity contribution is 0.0973. The fourth-order valence-electron chi connectivity index (χ4n) is 3.20. The van der Waals surface area contributed by atoms with Crippen molar-refractivity contribution >= 4 is 11.3 Å². The molecule has 0 aliphatic carbocycles. The van der Waals surface area contributed by atoms with Crippen LogP contribution in [0.1, 0.15) is 24.3 Å². The van der Waals surface area contributed by atoms with Gasteiger partial charge in [0.2, 0.25) is 0 Å². The first-order chi connectivity index (χ1) is 9.88. The molecule has 3 unspecified atom stereocenters. The minimum atomic E-state index is 0.438. The van der Waals surface area contributed by atoms with E-state index in [1.165, 1.54) is 24.8 Å². The second kappa shape index (κ2) is 5.28. The van der Waals surface area contributed by atoms with Gasteiger partial charge in [-0.1, -0.05) is 30.3 Å². The van der Waals surface area contributed by atoms with Crippen LogP contribution in [0.4, 0.5) is 0 Å². The molecule has 3 atom stereocenters. The Labute approximate surface area is 123 Å². The number of nitrogens with zero attached hydrogens (tertiary/aromatic N) is 1. The Morgan fingerprint density at radius 2 is 2.15 bits per heavy atom. The lowest BCUT2D eigenvalue weighted by atomic mass is 9.95. The SMILES string of the molecule is c1ccc(-c2csc(CNC3CC4CCC3O4)n2)cc1. The number of thiazole rings is 1. The summed E-state index contributed by atoms with van der Waals surface area (Å²) in [7, 11) is 0. The molecule has 0 spiro atoms. The highest BCUT2D eigenvalue weighted by atomic mass is 32.1. The second-order valence-electron chi connectivity index (χ2n) is 5.59. The molecule has 3 heterocycles. The molecule has 2 bridgehead atoms. The van der Waals surface area contributed by atoms with E-state index < -0.39 is 0 Å². The van der Waals surface area contributed by atoms with Gasteiger partial charge in [0.05, 0.1) is 17.9 Å². The van der Waals surface area contributed by atoms with Crippen LogP contribution < -0.4 is 5.32 Å². The van der Waals surface area contributed by atoms with Gasteiger partial charge in [0.25, 0.3) is 0 Å². The Morgan fingerprint density at radius 3 is 2.90 bits per heavy atom. The maximum absolute atomic E-state index is 5.87. The van der Waals surface area contributed by atoms with Crippen molar-refractivity contribution in [3.05, 3.63) is 40.7 Å². The van der Waals surface area contributed by atoms with Gasteiger partial charge in [-0.25, -0.2) is 4.98 Å². The van der Waals surface area contributed by atoms with Crippen molar-refractivity contribution in [3.63, 3.8) is 0 Å². The van der Waals surface area contributed by atoms with Crippen LogP contribution in [0.15, 0.2) is 35.7 Å². The van der Waals surface area contributed by atoms with Gasteiger partial charge in [0.1, 0.15) is 5.01 Å². The first-order valence-corrected chi connectivity index (χ1v) is 8.15. The first kappa shape index (κ1) is 12.5. The number of ether oxygens (including phenoxy) is 1. The molecule has 3 nitrogen and oxygen atoms in total. The Kier molecular flexibility index (Phi) is 3.30. The molecule has 0 amide bonds. The zero-order chi connectivity index (χ0) is 13.4. The fraction of sp³-hybridized carbons (Fsp3) is 0.438. The van der Waals surface area contributed by atoms with E-state index in [2.05, 4.69) is 35.0 Å². The summed E-state index contributed by atoms with van der Waals surface area (Å²) in [6.07, 6.45) is 4.58. The maximum Gasteiger partial charge on any atom is 0.107 e. The highest BCUT2D eigenvalue weighted by molar-refractivity contribution is 7.09. The molecule has 0 radical (unpaired) electrons. The molecule has 2 fully saturated rings. The van der Waals surface area contributed by atoms with Crippen molar-refractivity contribution in [2.45, 2.75) is 44.1 Å². The monoisotopic (exact) mass is 286 g/mol. The number of nitrogens with one attached hydrogen (secondary N) is 1. The van der Waals surface area contributed by atoms with Crippen LogP contribution >= 0.6 is 11.3 Å². The van der Waals surface area contributed by atoms with Crippen molar-refractivity contribution in [2.75, 3.05) is 0 Å². The zero-order valence-corrected chi connectivity index (χ0v) is 12.1. The number of aromatic nitrogens is 1. The third-order valence-electron chi connectivity index (χ3n) is 4.24. The van der Waals surface area contributed by atoms with Crippen LogP contribution in [0, 0.1) is 0 Å². The summed E-state index contributed by atoms with van der Waals surface area (Å²) < 4.78 is 5.87. The summed E-state index contributed by atoms with van der Waals surface area (Å²) in [6, 6.07) is 10.9. The molecule has 2 saturated heterocycles. The molecule has 1 aromatic heterocycles. The van der Waals surface area contributed by atoms with E-state index in [0.717, 1.165) is 17.2 Å². The molecule has 1 aromatic carbocycles. The highest BCUT2D eigenvalue weighted by Gasteiger charge is 2.40. The smallest absolute Gasteiger partial charge is 0.107 e. The minimum Gasteiger partial charge on any atom is -0.373 e. The van der Waals surface area contributed by atoms with Crippen molar-refractivity contribution in [3.8, 4) is 11.3 Å². The quantitative estimate of drug-likeness (QED) is 0.937. The number of hydrogen-bond acceptors (Lipinski definition) is 4. The van der Waals surface area contributed by atoms with Gasteiger partial charge in [-0.3, -0.25) is 0 Å². The van der Waals surface area contributed by atoms with E-state index in [-0.39, 0.29) is 0 Å². The van der Waals surface area contributed by atoms with Crippen molar-refractivity contribution in [2.24, 2.45) is 0 Å². The molecule has 4 heteroatoms. The van der Waals surface area contributed by atoms with Crippen LogP contribution in [0.25, 0.3) is 11.3 Å².